The number of carbonyl (C=O) groups is 3. The molecule has 11 heteroatoms. The first-order valence-corrected chi connectivity index (χ1v) is 11.3. The molecule has 1 aliphatic heterocycles. The summed E-state index contributed by atoms with van der Waals surface area (Å²) in [6.45, 7) is 2.90. The number of halogens is 3. The monoisotopic (exact) mass is 522 g/mol. The van der Waals surface area contributed by atoms with Gasteiger partial charge in [0.1, 0.15) is 17.0 Å². The first-order valence-electron chi connectivity index (χ1n) is 11.3. The van der Waals surface area contributed by atoms with Gasteiger partial charge in [-0.3, -0.25) is 9.59 Å². The van der Waals surface area contributed by atoms with Crippen molar-refractivity contribution >= 4 is 23.5 Å². The number of ether oxygens (including phenoxy) is 1. The standard InChI is InChI=1S/C27H21F3N4O4/c1-26(2)24(36)34(19-10-7-17(14-31)21(13-19)27(28,29)30)25(37)33(26)15-18-5-3-4-6-22(18)38-20-11-8-16(9-12-20)23(32)35/h3-13H,15H2,1-2H3,(H2,32,35). The van der Waals surface area contributed by atoms with E-state index >= 15 is 0 Å². The van der Waals surface area contributed by atoms with Crippen molar-refractivity contribution in [1.29, 1.82) is 5.26 Å². The molecule has 0 radical (unpaired) electrons. The number of anilines is 1. The van der Waals surface area contributed by atoms with E-state index in [0.29, 0.717) is 33.6 Å². The van der Waals surface area contributed by atoms with Crippen LogP contribution in [0, 0.1) is 11.3 Å². The maximum absolute atomic E-state index is 13.5. The van der Waals surface area contributed by atoms with Crippen molar-refractivity contribution in [3.8, 4) is 17.6 Å². The molecule has 2 N–H and O–H groups in total. The number of benzene rings is 3. The van der Waals surface area contributed by atoms with Gasteiger partial charge in [0.25, 0.3) is 5.91 Å². The van der Waals surface area contributed by atoms with Gasteiger partial charge in [0.05, 0.1) is 29.4 Å². The fraction of sp³-hybridized carbons (Fsp3) is 0.185. The van der Waals surface area contributed by atoms with Crippen LogP contribution >= 0.6 is 0 Å². The molecule has 1 aliphatic rings. The minimum absolute atomic E-state index is 0.0912. The van der Waals surface area contributed by atoms with Crippen LogP contribution in [-0.2, 0) is 17.5 Å². The number of nitrogens with two attached hydrogens (primary N) is 1. The predicted molar refractivity (Wildman–Crippen MR) is 130 cm³/mol. The highest BCUT2D eigenvalue weighted by molar-refractivity contribution is 6.23. The number of urea groups is 1. The van der Waals surface area contributed by atoms with Crippen molar-refractivity contribution in [3.63, 3.8) is 0 Å². The molecular formula is C27H21F3N4O4. The smallest absolute Gasteiger partial charge is 0.417 e. The van der Waals surface area contributed by atoms with Crippen LogP contribution in [0.4, 0.5) is 23.7 Å². The molecule has 0 saturated carbocycles. The van der Waals surface area contributed by atoms with Crippen LogP contribution < -0.4 is 15.4 Å². The summed E-state index contributed by atoms with van der Waals surface area (Å²) >= 11 is 0. The quantitative estimate of drug-likeness (QED) is 0.446. The van der Waals surface area contributed by atoms with Crippen LogP contribution in [0.1, 0.15) is 40.9 Å². The first kappa shape index (κ1) is 26.2. The van der Waals surface area contributed by atoms with Crippen molar-refractivity contribution in [2.24, 2.45) is 5.73 Å². The summed E-state index contributed by atoms with van der Waals surface area (Å²) in [5.74, 6) is -0.553. The predicted octanol–water partition coefficient (Wildman–Crippen LogP) is 5.22. The Balaban J connectivity index is 1.65. The largest absolute Gasteiger partial charge is 0.457 e. The number of nitrogens with zero attached hydrogens (tertiary/aromatic N) is 3. The molecule has 0 bridgehead atoms. The second kappa shape index (κ2) is 9.55. The van der Waals surface area contributed by atoms with Crippen molar-refractivity contribution < 1.29 is 32.3 Å². The van der Waals surface area contributed by atoms with Gasteiger partial charge in [-0.05, 0) is 62.4 Å². The number of amides is 4. The van der Waals surface area contributed by atoms with Crippen LogP contribution in [0.3, 0.4) is 0 Å². The lowest BCUT2D eigenvalue weighted by atomic mass is 10.0. The van der Waals surface area contributed by atoms with Crippen LogP contribution in [0.5, 0.6) is 11.5 Å². The van der Waals surface area contributed by atoms with Gasteiger partial charge in [-0.15, -0.1) is 0 Å². The summed E-state index contributed by atoms with van der Waals surface area (Å²) in [6, 6.07) is 16.2. The van der Waals surface area contributed by atoms with Gasteiger partial charge in [-0.25, -0.2) is 9.69 Å². The lowest BCUT2D eigenvalue weighted by Crippen LogP contribution is -2.43. The minimum atomic E-state index is -4.85. The lowest BCUT2D eigenvalue weighted by molar-refractivity contribution is -0.137. The second-order valence-corrected chi connectivity index (χ2v) is 9.01. The van der Waals surface area contributed by atoms with Gasteiger partial charge in [0.2, 0.25) is 5.91 Å². The Hall–Kier alpha value is -4.85. The first-order chi connectivity index (χ1) is 17.8. The lowest BCUT2D eigenvalue weighted by Gasteiger charge is -2.28. The molecule has 0 atom stereocenters. The molecule has 4 amide bonds. The summed E-state index contributed by atoms with van der Waals surface area (Å²) in [5.41, 5.74) is 2.53. The number of hydrogen-bond acceptors (Lipinski definition) is 5. The summed E-state index contributed by atoms with van der Waals surface area (Å²) in [7, 11) is 0. The molecule has 3 aromatic carbocycles. The Morgan fingerprint density at radius 1 is 1.05 bits per heavy atom. The van der Waals surface area contributed by atoms with Crippen LogP contribution in [0.2, 0.25) is 0 Å². The molecule has 8 nitrogen and oxygen atoms in total. The van der Waals surface area contributed by atoms with E-state index in [-0.39, 0.29) is 12.2 Å². The van der Waals surface area contributed by atoms with Crippen molar-refractivity contribution in [2.45, 2.75) is 32.1 Å². The van der Waals surface area contributed by atoms with Crippen LogP contribution in [0.25, 0.3) is 0 Å². The summed E-state index contributed by atoms with van der Waals surface area (Å²) in [5, 5.41) is 9.06. The maximum atomic E-state index is 13.5. The third kappa shape index (κ3) is 4.76. The molecule has 3 aromatic rings. The highest BCUT2D eigenvalue weighted by Crippen LogP contribution is 2.39. The van der Waals surface area contributed by atoms with E-state index in [0.717, 1.165) is 12.1 Å². The molecular weight excluding hydrogens is 501 g/mol. The molecule has 0 spiro atoms. The topological polar surface area (TPSA) is 117 Å². The van der Waals surface area contributed by atoms with E-state index < -0.39 is 40.7 Å². The second-order valence-electron chi connectivity index (χ2n) is 9.01. The Kier molecular flexibility index (Phi) is 6.59. The fourth-order valence-electron chi connectivity index (χ4n) is 4.05. The van der Waals surface area contributed by atoms with E-state index in [9.17, 15) is 27.6 Å². The number of rotatable bonds is 6. The van der Waals surface area contributed by atoms with Crippen molar-refractivity contribution in [3.05, 3.63) is 89.0 Å². The van der Waals surface area contributed by atoms with Gasteiger partial charge in [0.15, 0.2) is 0 Å². The van der Waals surface area contributed by atoms with Gasteiger partial charge < -0.3 is 15.4 Å². The number of nitriles is 1. The fourth-order valence-corrected chi connectivity index (χ4v) is 4.05. The number of carbonyl (C=O) groups excluding carboxylic acids is 3. The summed E-state index contributed by atoms with van der Waals surface area (Å²) in [6.07, 6.45) is -4.85. The van der Waals surface area contributed by atoms with Crippen LogP contribution in [-0.4, -0.2) is 28.3 Å². The maximum Gasteiger partial charge on any atom is 0.417 e. The number of alkyl halides is 3. The van der Waals surface area contributed by atoms with Gasteiger partial charge in [-0.1, -0.05) is 18.2 Å². The van der Waals surface area contributed by atoms with Crippen molar-refractivity contribution in [2.75, 3.05) is 4.90 Å². The third-order valence-corrected chi connectivity index (χ3v) is 6.18. The summed E-state index contributed by atoms with van der Waals surface area (Å²) < 4.78 is 46.5. The zero-order valence-corrected chi connectivity index (χ0v) is 20.2. The highest BCUT2D eigenvalue weighted by Gasteiger charge is 2.52. The van der Waals surface area contributed by atoms with E-state index in [1.165, 1.54) is 36.9 Å². The van der Waals surface area contributed by atoms with Gasteiger partial charge >= 0.3 is 12.2 Å². The summed E-state index contributed by atoms with van der Waals surface area (Å²) in [4.78, 5) is 39.9. The Bertz CT molecular complexity index is 1480. The Morgan fingerprint density at radius 3 is 2.32 bits per heavy atom. The molecule has 4 rings (SSSR count). The Labute approximate surface area is 215 Å². The Morgan fingerprint density at radius 2 is 1.71 bits per heavy atom. The molecule has 0 unspecified atom stereocenters. The molecule has 1 saturated heterocycles. The highest BCUT2D eigenvalue weighted by atomic mass is 19.4. The molecule has 0 aliphatic carbocycles. The zero-order valence-electron chi connectivity index (χ0n) is 20.2. The molecule has 1 fully saturated rings. The zero-order chi connectivity index (χ0) is 27.8. The molecule has 194 valence electrons. The number of imide groups is 1. The average molecular weight is 522 g/mol. The molecule has 38 heavy (non-hydrogen) atoms. The SMILES string of the molecule is CC1(C)C(=O)N(c2ccc(C#N)c(C(F)(F)F)c2)C(=O)N1Cc1ccccc1Oc1ccc(C(N)=O)cc1. The van der Waals surface area contributed by atoms with E-state index in [4.69, 9.17) is 15.7 Å². The van der Waals surface area contributed by atoms with Crippen LogP contribution in [0.15, 0.2) is 66.7 Å². The van der Waals surface area contributed by atoms with Crippen molar-refractivity contribution in [1.82, 2.24) is 4.90 Å². The number of para-hydroxylation sites is 1. The third-order valence-electron chi connectivity index (χ3n) is 6.18. The minimum Gasteiger partial charge on any atom is -0.457 e. The molecule has 0 aromatic heterocycles. The molecule has 1 heterocycles. The average Bonchev–Trinajstić information content (AvgIpc) is 3.03. The van der Waals surface area contributed by atoms with E-state index in [1.54, 1.807) is 36.4 Å². The number of hydrogen-bond donors (Lipinski definition) is 1. The van der Waals surface area contributed by atoms with E-state index in [1.807, 2.05) is 0 Å². The van der Waals surface area contributed by atoms with Gasteiger partial charge in [-0.2, -0.15) is 18.4 Å². The van der Waals surface area contributed by atoms with Gasteiger partial charge in [0, 0.05) is 11.1 Å². The van der Waals surface area contributed by atoms with E-state index in [2.05, 4.69) is 0 Å². The number of primary amides is 1. The normalized spacial score (nSPS) is 14.9.